The number of aromatic amines is 1. The van der Waals surface area contributed by atoms with Gasteiger partial charge in [0, 0.05) is 18.2 Å². The highest BCUT2D eigenvalue weighted by Gasteiger charge is 2.42. The van der Waals surface area contributed by atoms with Crippen molar-refractivity contribution in [2.24, 2.45) is 0 Å². The molecule has 2 heterocycles. The lowest BCUT2D eigenvalue weighted by molar-refractivity contribution is -0.124. The summed E-state index contributed by atoms with van der Waals surface area (Å²) in [5.74, 6) is -3.20. The van der Waals surface area contributed by atoms with E-state index >= 15 is 0 Å². The van der Waals surface area contributed by atoms with E-state index in [0.29, 0.717) is 0 Å². The number of hydrogen-bond donors (Lipinski definition) is 3. The minimum atomic E-state index is -2.79. The molecule has 3 N–H and O–H groups in total. The molecule has 0 aliphatic carbocycles. The predicted octanol–water partition coefficient (Wildman–Crippen LogP) is 0.584. The van der Waals surface area contributed by atoms with Crippen LogP contribution < -0.4 is 10.6 Å². The lowest BCUT2D eigenvalue weighted by atomic mass is 10.1. The Morgan fingerprint density at radius 1 is 1.71 bits per heavy atom. The molecule has 1 aromatic heterocycles. The van der Waals surface area contributed by atoms with E-state index in [1.165, 1.54) is 0 Å². The highest BCUT2D eigenvalue weighted by molar-refractivity contribution is 5.82. The third kappa shape index (κ3) is 2.79. The zero-order valence-electron chi connectivity index (χ0n) is 9.34. The number of amides is 1. The van der Waals surface area contributed by atoms with Gasteiger partial charge in [-0.15, -0.1) is 0 Å². The van der Waals surface area contributed by atoms with Crippen molar-refractivity contribution in [3.05, 3.63) is 18.0 Å². The molecule has 1 saturated heterocycles. The van der Waals surface area contributed by atoms with Crippen molar-refractivity contribution >= 4 is 5.91 Å². The van der Waals surface area contributed by atoms with Gasteiger partial charge in [-0.1, -0.05) is 0 Å². The first kappa shape index (κ1) is 12.0. The van der Waals surface area contributed by atoms with E-state index in [2.05, 4.69) is 20.8 Å². The second-order valence-electron chi connectivity index (χ2n) is 4.26. The molecule has 1 aliphatic heterocycles. The summed E-state index contributed by atoms with van der Waals surface area (Å²) < 4.78 is 25.8. The van der Waals surface area contributed by atoms with Gasteiger partial charge in [0.15, 0.2) is 0 Å². The van der Waals surface area contributed by atoms with Gasteiger partial charge in [0.2, 0.25) is 5.91 Å². The Bertz CT molecular complexity index is 393. The van der Waals surface area contributed by atoms with Crippen LogP contribution in [0, 0.1) is 0 Å². The van der Waals surface area contributed by atoms with E-state index in [-0.39, 0.29) is 6.04 Å². The number of alkyl halides is 2. The summed E-state index contributed by atoms with van der Waals surface area (Å²) >= 11 is 0. The molecule has 0 spiro atoms. The number of carbonyl (C=O) groups is 1. The van der Waals surface area contributed by atoms with E-state index in [1.807, 2.05) is 0 Å². The number of rotatable bonds is 3. The van der Waals surface area contributed by atoms with Gasteiger partial charge in [0.25, 0.3) is 5.92 Å². The lowest BCUT2D eigenvalue weighted by Crippen LogP contribution is -2.41. The maximum Gasteiger partial charge on any atom is 0.262 e. The molecule has 1 aliphatic rings. The van der Waals surface area contributed by atoms with Gasteiger partial charge < -0.3 is 5.32 Å². The molecule has 1 aromatic rings. The van der Waals surface area contributed by atoms with Gasteiger partial charge in [0.05, 0.1) is 24.8 Å². The summed E-state index contributed by atoms with van der Waals surface area (Å²) in [4.78, 5) is 11.7. The van der Waals surface area contributed by atoms with Crippen molar-refractivity contribution in [1.82, 2.24) is 20.8 Å². The summed E-state index contributed by atoms with van der Waals surface area (Å²) in [6.07, 6.45) is 2.79. The number of carbonyl (C=O) groups excluding carboxylic acids is 1. The molecular formula is C10H14F2N4O. The number of halogens is 2. The Labute approximate surface area is 97.0 Å². The molecule has 1 fully saturated rings. The van der Waals surface area contributed by atoms with Crippen LogP contribution in [0.4, 0.5) is 8.78 Å². The third-order valence-electron chi connectivity index (χ3n) is 2.80. The molecule has 2 unspecified atom stereocenters. The zero-order chi connectivity index (χ0) is 12.5. The van der Waals surface area contributed by atoms with Crippen LogP contribution in [-0.2, 0) is 4.79 Å². The third-order valence-corrected chi connectivity index (χ3v) is 2.80. The second kappa shape index (κ2) is 4.40. The lowest BCUT2D eigenvalue weighted by Gasteiger charge is -2.15. The first-order valence-electron chi connectivity index (χ1n) is 5.38. The van der Waals surface area contributed by atoms with Crippen LogP contribution in [0.3, 0.4) is 0 Å². The standard InChI is InChI=1S/C10H14F2N4O/c1-6(7-3-14-15-4-7)16-9(17)8-2-10(11,12)5-13-8/h3-4,6,8,13H,2,5H2,1H3,(H,14,15)(H,16,17). The summed E-state index contributed by atoms with van der Waals surface area (Å²) in [5.41, 5.74) is 0.808. The fourth-order valence-corrected chi connectivity index (χ4v) is 1.80. The van der Waals surface area contributed by atoms with E-state index in [4.69, 9.17) is 0 Å². The van der Waals surface area contributed by atoms with Crippen LogP contribution >= 0.6 is 0 Å². The van der Waals surface area contributed by atoms with E-state index in [9.17, 15) is 13.6 Å². The van der Waals surface area contributed by atoms with Crippen LogP contribution in [0.1, 0.15) is 24.9 Å². The minimum absolute atomic E-state index is 0.253. The second-order valence-corrected chi connectivity index (χ2v) is 4.26. The molecule has 0 saturated carbocycles. The van der Waals surface area contributed by atoms with Crippen molar-refractivity contribution in [2.75, 3.05) is 6.54 Å². The summed E-state index contributed by atoms with van der Waals surface area (Å²) in [7, 11) is 0. The van der Waals surface area contributed by atoms with Crippen LogP contribution in [-0.4, -0.2) is 34.6 Å². The highest BCUT2D eigenvalue weighted by atomic mass is 19.3. The maximum atomic E-state index is 12.9. The molecule has 0 bridgehead atoms. The number of H-pyrrole nitrogens is 1. The van der Waals surface area contributed by atoms with Crippen molar-refractivity contribution in [3.8, 4) is 0 Å². The number of nitrogens with zero attached hydrogens (tertiary/aromatic N) is 1. The largest absolute Gasteiger partial charge is 0.348 e. The first-order chi connectivity index (χ1) is 7.98. The smallest absolute Gasteiger partial charge is 0.262 e. The first-order valence-corrected chi connectivity index (χ1v) is 5.38. The highest BCUT2D eigenvalue weighted by Crippen LogP contribution is 2.25. The molecule has 94 valence electrons. The zero-order valence-corrected chi connectivity index (χ0v) is 9.34. The average Bonchev–Trinajstić information content (AvgIpc) is 2.86. The fourth-order valence-electron chi connectivity index (χ4n) is 1.80. The molecule has 2 atom stereocenters. The number of aromatic nitrogens is 2. The molecule has 2 rings (SSSR count). The summed E-state index contributed by atoms with van der Waals surface area (Å²) in [5, 5.41) is 11.6. The molecule has 0 radical (unpaired) electrons. The molecule has 1 amide bonds. The quantitative estimate of drug-likeness (QED) is 0.728. The number of nitrogens with one attached hydrogen (secondary N) is 3. The van der Waals surface area contributed by atoms with Gasteiger partial charge in [0.1, 0.15) is 0 Å². The van der Waals surface area contributed by atoms with Crippen molar-refractivity contribution in [2.45, 2.75) is 31.4 Å². The molecule has 17 heavy (non-hydrogen) atoms. The topological polar surface area (TPSA) is 69.8 Å². The van der Waals surface area contributed by atoms with Crippen LogP contribution in [0.25, 0.3) is 0 Å². The predicted molar refractivity (Wildman–Crippen MR) is 56.5 cm³/mol. The summed E-state index contributed by atoms with van der Waals surface area (Å²) in [6.45, 7) is 1.33. The van der Waals surface area contributed by atoms with Crippen molar-refractivity contribution in [3.63, 3.8) is 0 Å². The van der Waals surface area contributed by atoms with Crippen molar-refractivity contribution in [1.29, 1.82) is 0 Å². The van der Waals surface area contributed by atoms with Gasteiger partial charge in [-0.2, -0.15) is 5.10 Å². The van der Waals surface area contributed by atoms with Gasteiger partial charge in [-0.3, -0.25) is 15.2 Å². The Morgan fingerprint density at radius 3 is 3.00 bits per heavy atom. The Morgan fingerprint density at radius 2 is 2.47 bits per heavy atom. The van der Waals surface area contributed by atoms with Gasteiger partial charge in [-0.05, 0) is 6.92 Å². The van der Waals surface area contributed by atoms with Crippen LogP contribution in [0.5, 0.6) is 0 Å². The van der Waals surface area contributed by atoms with Gasteiger partial charge in [-0.25, -0.2) is 8.78 Å². The van der Waals surface area contributed by atoms with E-state index in [1.54, 1.807) is 19.3 Å². The van der Waals surface area contributed by atoms with E-state index in [0.717, 1.165) is 5.56 Å². The van der Waals surface area contributed by atoms with E-state index < -0.39 is 30.8 Å². The normalized spacial score (nSPS) is 24.5. The van der Waals surface area contributed by atoms with Crippen LogP contribution in [0.15, 0.2) is 12.4 Å². The molecule has 7 heteroatoms. The van der Waals surface area contributed by atoms with Crippen LogP contribution in [0.2, 0.25) is 0 Å². The average molecular weight is 244 g/mol. The molecular weight excluding hydrogens is 230 g/mol. The fraction of sp³-hybridized carbons (Fsp3) is 0.600. The molecule has 5 nitrogen and oxygen atoms in total. The van der Waals surface area contributed by atoms with Crippen molar-refractivity contribution < 1.29 is 13.6 Å². The van der Waals surface area contributed by atoms with Gasteiger partial charge >= 0.3 is 0 Å². The molecule has 0 aromatic carbocycles. The summed E-state index contributed by atoms with van der Waals surface area (Å²) in [6, 6.07) is -1.07. The maximum absolute atomic E-state index is 12.9. The SMILES string of the molecule is CC(NC(=O)C1CC(F)(F)CN1)c1cn[nH]c1. The Balaban J connectivity index is 1.90. The minimum Gasteiger partial charge on any atom is -0.348 e. The monoisotopic (exact) mass is 244 g/mol. The Hall–Kier alpha value is -1.50. The Kier molecular flexibility index (Phi) is 3.10. The number of hydrogen-bond acceptors (Lipinski definition) is 3.